The third kappa shape index (κ3) is 2.73. The van der Waals surface area contributed by atoms with Crippen molar-refractivity contribution in [2.75, 3.05) is 0 Å². The second-order valence-corrected chi connectivity index (χ2v) is 5.39. The van der Waals surface area contributed by atoms with Crippen LogP contribution in [0.25, 0.3) is 0 Å². The average molecular weight is 318 g/mol. The number of halogens is 1. The summed E-state index contributed by atoms with van der Waals surface area (Å²) in [5.74, 6) is 0.102. The smallest absolute Gasteiger partial charge is 0.269 e. The molecule has 0 amide bonds. The molecule has 1 aliphatic rings. The number of nitrogens with zero attached hydrogens (tertiary/aromatic N) is 2. The van der Waals surface area contributed by atoms with Crippen molar-refractivity contribution in [2.24, 2.45) is 5.10 Å². The topological polar surface area (TPSA) is 87.8 Å². The van der Waals surface area contributed by atoms with Gasteiger partial charge >= 0.3 is 0 Å². The fourth-order valence-corrected chi connectivity index (χ4v) is 2.57. The van der Waals surface area contributed by atoms with Gasteiger partial charge in [0.1, 0.15) is 5.75 Å². The number of non-ortho nitro benzene ring substituents is 1. The van der Waals surface area contributed by atoms with E-state index >= 15 is 0 Å². The standard InChI is InChI=1S/C15H12ClN3O3/c16-10-4-5-15(20)12(7-10)14-8-13(17-18-14)9-2-1-3-11(6-9)19(21)22/h1-7,13,17,20H,8H2. The summed E-state index contributed by atoms with van der Waals surface area (Å²) >= 11 is 5.94. The molecule has 1 heterocycles. The molecule has 1 aliphatic heterocycles. The number of phenols is 1. The van der Waals surface area contributed by atoms with E-state index in [9.17, 15) is 15.2 Å². The Bertz CT molecular complexity index is 776. The molecule has 0 spiro atoms. The number of nitro groups is 1. The van der Waals surface area contributed by atoms with Crippen LogP contribution in [0.15, 0.2) is 47.6 Å². The summed E-state index contributed by atoms with van der Waals surface area (Å²) in [5, 5.41) is 25.5. The van der Waals surface area contributed by atoms with Gasteiger partial charge in [-0.1, -0.05) is 23.7 Å². The van der Waals surface area contributed by atoms with E-state index in [1.807, 2.05) is 0 Å². The fourth-order valence-electron chi connectivity index (χ4n) is 2.40. The lowest BCUT2D eigenvalue weighted by Gasteiger charge is -2.10. The molecule has 0 aliphatic carbocycles. The molecular weight excluding hydrogens is 306 g/mol. The first-order valence-corrected chi connectivity index (χ1v) is 6.98. The molecule has 22 heavy (non-hydrogen) atoms. The quantitative estimate of drug-likeness (QED) is 0.671. The molecule has 0 aromatic heterocycles. The van der Waals surface area contributed by atoms with Crippen LogP contribution in [0.4, 0.5) is 5.69 Å². The van der Waals surface area contributed by atoms with E-state index in [1.165, 1.54) is 18.2 Å². The first-order valence-electron chi connectivity index (χ1n) is 6.60. The zero-order valence-electron chi connectivity index (χ0n) is 11.4. The summed E-state index contributed by atoms with van der Waals surface area (Å²) < 4.78 is 0. The molecule has 6 nitrogen and oxygen atoms in total. The van der Waals surface area contributed by atoms with Crippen molar-refractivity contribution < 1.29 is 10.0 Å². The van der Waals surface area contributed by atoms with Crippen molar-refractivity contribution in [3.63, 3.8) is 0 Å². The van der Waals surface area contributed by atoms with Gasteiger partial charge in [0, 0.05) is 29.1 Å². The summed E-state index contributed by atoms with van der Waals surface area (Å²) in [5.41, 5.74) is 4.98. The van der Waals surface area contributed by atoms with Gasteiger partial charge in [0.25, 0.3) is 5.69 Å². The van der Waals surface area contributed by atoms with Crippen LogP contribution in [0.1, 0.15) is 23.6 Å². The van der Waals surface area contributed by atoms with Gasteiger partial charge < -0.3 is 10.5 Å². The van der Waals surface area contributed by atoms with Crippen molar-refractivity contribution in [1.29, 1.82) is 0 Å². The molecule has 1 atom stereocenters. The summed E-state index contributed by atoms with van der Waals surface area (Å²) in [7, 11) is 0. The van der Waals surface area contributed by atoms with Gasteiger partial charge in [-0.2, -0.15) is 5.10 Å². The van der Waals surface area contributed by atoms with Crippen LogP contribution in [0.5, 0.6) is 5.75 Å². The maximum Gasteiger partial charge on any atom is 0.269 e. The number of phenolic OH excluding ortho intramolecular Hbond substituents is 1. The highest BCUT2D eigenvalue weighted by molar-refractivity contribution is 6.31. The summed E-state index contributed by atoms with van der Waals surface area (Å²) in [6.07, 6.45) is 0.509. The van der Waals surface area contributed by atoms with Gasteiger partial charge in [0.15, 0.2) is 0 Å². The lowest BCUT2D eigenvalue weighted by molar-refractivity contribution is -0.384. The minimum atomic E-state index is -0.428. The van der Waals surface area contributed by atoms with E-state index in [2.05, 4.69) is 10.5 Å². The van der Waals surface area contributed by atoms with Gasteiger partial charge in [-0.05, 0) is 23.8 Å². The Hall–Kier alpha value is -2.60. The molecule has 3 rings (SSSR count). The molecule has 0 bridgehead atoms. The molecule has 112 valence electrons. The molecule has 2 N–H and O–H groups in total. The molecular formula is C15H12ClN3O3. The van der Waals surface area contributed by atoms with Crippen LogP contribution in [0, 0.1) is 10.1 Å². The van der Waals surface area contributed by atoms with E-state index in [0.29, 0.717) is 22.7 Å². The van der Waals surface area contributed by atoms with Crippen molar-refractivity contribution in [3.05, 3.63) is 68.7 Å². The Balaban J connectivity index is 1.84. The monoisotopic (exact) mass is 317 g/mol. The Morgan fingerprint density at radius 2 is 2.14 bits per heavy atom. The predicted molar refractivity (Wildman–Crippen MR) is 83.2 cm³/mol. The van der Waals surface area contributed by atoms with Crippen molar-refractivity contribution >= 4 is 23.0 Å². The maximum atomic E-state index is 10.8. The largest absolute Gasteiger partial charge is 0.507 e. The maximum absolute atomic E-state index is 10.8. The highest BCUT2D eigenvalue weighted by Crippen LogP contribution is 2.30. The third-order valence-electron chi connectivity index (χ3n) is 3.51. The molecule has 2 aromatic rings. The molecule has 0 saturated carbocycles. The highest BCUT2D eigenvalue weighted by atomic mass is 35.5. The lowest BCUT2D eigenvalue weighted by Crippen LogP contribution is -2.10. The first kappa shape index (κ1) is 14.3. The fraction of sp³-hybridized carbons (Fsp3) is 0.133. The van der Waals surface area contributed by atoms with Gasteiger partial charge in [0.2, 0.25) is 0 Å². The number of hydrazone groups is 1. The minimum absolute atomic E-state index is 0.0401. The minimum Gasteiger partial charge on any atom is -0.507 e. The van der Waals surface area contributed by atoms with Gasteiger partial charge in [-0.25, -0.2) is 0 Å². The molecule has 0 radical (unpaired) electrons. The zero-order valence-corrected chi connectivity index (χ0v) is 12.1. The Morgan fingerprint density at radius 3 is 2.91 bits per heavy atom. The Kier molecular flexibility index (Phi) is 3.68. The van der Waals surface area contributed by atoms with E-state index in [0.717, 1.165) is 5.56 Å². The van der Waals surface area contributed by atoms with E-state index in [4.69, 9.17) is 11.6 Å². The Morgan fingerprint density at radius 1 is 1.32 bits per heavy atom. The normalized spacial score (nSPS) is 17.0. The highest BCUT2D eigenvalue weighted by Gasteiger charge is 2.24. The van der Waals surface area contributed by atoms with Crippen molar-refractivity contribution in [1.82, 2.24) is 5.43 Å². The van der Waals surface area contributed by atoms with Crippen LogP contribution in [0.3, 0.4) is 0 Å². The van der Waals surface area contributed by atoms with Crippen molar-refractivity contribution in [2.45, 2.75) is 12.5 Å². The van der Waals surface area contributed by atoms with Crippen molar-refractivity contribution in [3.8, 4) is 5.75 Å². The van der Waals surface area contributed by atoms with E-state index in [-0.39, 0.29) is 17.5 Å². The van der Waals surface area contributed by atoms with Crippen LogP contribution >= 0.6 is 11.6 Å². The molecule has 2 aromatic carbocycles. The first-order chi connectivity index (χ1) is 10.5. The Labute approximate surface area is 131 Å². The van der Waals surface area contributed by atoms with Gasteiger partial charge in [0.05, 0.1) is 16.7 Å². The predicted octanol–water partition coefficient (Wildman–Crippen LogP) is 3.39. The number of hydrogen-bond donors (Lipinski definition) is 2. The lowest BCUT2D eigenvalue weighted by atomic mass is 9.98. The summed E-state index contributed by atoms with van der Waals surface area (Å²) in [4.78, 5) is 10.4. The number of benzene rings is 2. The van der Waals surface area contributed by atoms with Crippen LogP contribution in [-0.4, -0.2) is 15.7 Å². The molecule has 0 saturated heterocycles. The van der Waals surface area contributed by atoms with E-state index in [1.54, 1.807) is 24.3 Å². The SMILES string of the molecule is O=[N+]([O-])c1cccc(C2CC(c3cc(Cl)ccc3O)=NN2)c1. The second kappa shape index (κ2) is 5.65. The second-order valence-electron chi connectivity index (χ2n) is 4.96. The zero-order chi connectivity index (χ0) is 15.7. The summed E-state index contributed by atoms with van der Waals surface area (Å²) in [6, 6.07) is 11.0. The number of nitrogens with one attached hydrogen (secondary N) is 1. The number of hydrogen-bond acceptors (Lipinski definition) is 5. The van der Waals surface area contributed by atoms with Crippen LogP contribution in [-0.2, 0) is 0 Å². The molecule has 7 heteroatoms. The average Bonchev–Trinajstić information content (AvgIpc) is 2.99. The summed E-state index contributed by atoms with van der Waals surface area (Å²) in [6.45, 7) is 0. The molecule has 1 unspecified atom stereocenters. The van der Waals surface area contributed by atoms with Crippen LogP contribution in [0.2, 0.25) is 5.02 Å². The number of rotatable bonds is 3. The van der Waals surface area contributed by atoms with E-state index < -0.39 is 4.92 Å². The van der Waals surface area contributed by atoms with Crippen LogP contribution < -0.4 is 5.43 Å². The third-order valence-corrected chi connectivity index (χ3v) is 3.74. The molecule has 0 fully saturated rings. The number of aromatic hydroxyl groups is 1. The van der Waals surface area contributed by atoms with Gasteiger partial charge in [-0.3, -0.25) is 10.1 Å². The van der Waals surface area contributed by atoms with Gasteiger partial charge in [-0.15, -0.1) is 0 Å². The number of nitro benzene ring substituents is 1.